The molecule has 0 spiro atoms. The van der Waals surface area contributed by atoms with Crippen LogP contribution in [0.3, 0.4) is 0 Å². The standard InChI is InChI=1S/C14H18BrN3O/c1-3-11-14(15)12(18(2)17-11)9-16-8-10-6-4-5-7-13(10)19/h4-7,16,19H,3,8-9H2,1-2H3. The fourth-order valence-corrected chi connectivity index (χ4v) is 2.74. The lowest BCUT2D eigenvalue weighted by atomic mass is 10.2. The van der Waals surface area contributed by atoms with Gasteiger partial charge in [-0.2, -0.15) is 5.10 Å². The lowest BCUT2D eigenvalue weighted by molar-refractivity contribution is 0.464. The maximum absolute atomic E-state index is 9.69. The van der Waals surface area contributed by atoms with Crippen molar-refractivity contribution >= 4 is 15.9 Å². The van der Waals surface area contributed by atoms with Crippen LogP contribution >= 0.6 is 15.9 Å². The number of aromatic hydroxyl groups is 1. The van der Waals surface area contributed by atoms with Gasteiger partial charge in [0.15, 0.2) is 0 Å². The smallest absolute Gasteiger partial charge is 0.120 e. The van der Waals surface area contributed by atoms with Crippen LogP contribution in [0.25, 0.3) is 0 Å². The van der Waals surface area contributed by atoms with E-state index < -0.39 is 0 Å². The molecule has 102 valence electrons. The maximum atomic E-state index is 9.69. The molecule has 1 heterocycles. The number of nitrogens with one attached hydrogen (secondary N) is 1. The van der Waals surface area contributed by atoms with E-state index in [1.807, 2.05) is 29.9 Å². The van der Waals surface area contributed by atoms with Crippen LogP contribution in [-0.4, -0.2) is 14.9 Å². The molecule has 0 saturated carbocycles. The first-order valence-electron chi connectivity index (χ1n) is 6.31. The molecule has 1 aromatic carbocycles. The third-order valence-corrected chi connectivity index (χ3v) is 4.02. The number of phenols is 1. The number of rotatable bonds is 5. The number of nitrogens with zero attached hydrogens (tertiary/aromatic N) is 2. The second kappa shape index (κ2) is 6.21. The van der Waals surface area contributed by atoms with Crippen LogP contribution in [0.4, 0.5) is 0 Å². The van der Waals surface area contributed by atoms with Gasteiger partial charge in [0, 0.05) is 25.7 Å². The van der Waals surface area contributed by atoms with E-state index in [4.69, 9.17) is 0 Å². The minimum atomic E-state index is 0.327. The number of halogens is 1. The molecule has 0 aliphatic carbocycles. The zero-order chi connectivity index (χ0) is 13.8. The summed E-state index contributed by atoms with van der Waals surface area (Å²) in [4.78, 5) is 0. The van der Waals surface area contributed by atoms with Gasteiger partial charge in [-0.05, 0) is 28.4 Å². The molecule has 2 rings (SSSR count). The van der Waals surface area contributed by atoms with E-state index in [0.29, 0.717) is 18.8 Å². The lowest BCUT2D eigenvalue weighted by Gasteiger charge is -2.07. The highest BCUT2D eigenvalue weighted by atomic mass is 79.9. The maximum Gasteiger partial charge on any atom is 0.120 e. The van der Waals surface area contributed by atoms with Gasteiger partial charge in [0.05, 0.1) is 15.9 Å². The number of hydrogen-bond acceptors (Lipinski definition) is 3. The van der Waals surface area contributed by atoms with Gasteiger partial charge in [-0.3, -0.25) is 4.68 Å². The molecule has 2 aromatic rings. The molecule has 0 aliphatic rings. The number of phenolic OH excluding ortho intramolecular Hbond substituents is 1. The fraction of sp³-hybridized carbons (Fsp3) is 0.357. The Balaban J connectivity index is 2.00. The summed E-state index contributed by atoms with van der Waals surface area (Å²) in [7, 11) is 1.95. The van der Waals surface area contributed by atoms with Crippen molar-refractivity contribution in [1.82, 2.24) is 15.1 Å². The van der Waals surface area contributed by atoms with E-state index in [0.717, 1.165) is 27.8 Å². The van der Waals surface area contributed by atoms with E-state index in [9.17, 15) is 5.11 Å². The third-order valence-electron chi connectivity index (χ3n) is 3.10. The topological polar surface area (TPSA) is 50.1 Å². The highest BCUT2D eigenvalue weighted by Crippen LogP contribution is 2.21. The Morgan fingerprint density at radius 2 is 2.05 bits per heavy atom. The van der Waals surface area contributed by atoms with E-state index in [1.165, 1.54) is 0 Å². The molecular formula is C14H18BrN3O. The number of benzene rings is 1. The molecule has 0 radical (unpaired) electrons. The van der Waals surface area contributed by atoms with Crippen molar-refractivity contribution in [3.05, 3.63) is 45.7 Å². The van der Waals surface area contributed by atoms with Crippen molar-refractivity contribution in [2.45, 2.75) is 26.4 Å². The van der Waals surface area contributed by atoms with Crippen LogP contribution in [0.15, 0.2) is 28.7 Å². The Labute approximate surface area is 121 Å². The van der Waals surface area contributed by atoms with Crippen LogP contribution in [0, 0.1) is 0 Å². The zero-order valence-electron chi connectivity index (χ0n) is 11.2. The summed E-state index contributed by atoms with van der Waals surface area (Å²) in [5.41, 5.74) is 3.09. The second-order valence-corrected chi connectivity index (χ2v) is 5.21. The Hall–Kier alpha value is -1.33. The largest absolute Gasteiger partial charge is 0.508 e. The minimum Gasteiger partial charge on any atom is -0.508 e. The fourth-order valence-electron chi connectivity index (χ4n) is 1.99. The SMILES string of the molecule is CCc1nn(C)c(CNCc2ccccc2O)c1Br. The molecule has 0 aliphatic heterocycles. The van der Waals surface area contributed by atoms with Gasteiger partial charge in [0.25, 0.3) is 0 Å². The molecule has 2 N–H and O–H groups in total. The van der Waals surface area contributed by atoms with Crippen LogP contribution < -0.4 is 5.32 Å². The van der Waals surface area contributed by atoms with Crippen molar-refractivity contribution in [1.29, 1.82) is 0 Å². The van der Waals surface area contributed by atoms with Crippen molar-refractivity contribution in [2.24, 2.45) is 7.05 Å². The average Bonchev–Trinajstić information content (AvgIpc) is 2.68. The monoisotopic (exact) mass is 323 g/mol. The Bertz CT molecular complexity index is 566. The third kappa shape index (κ3) is 3.16. The summed E-state index contributed by atoms with van der Waals surface area (Å²) in [6, 6.07) is 7.36. The molecule has 5 heteroatoms. The molecule has 0 fully saturated rings. The Morgan fingerprint density at radius 3 is 2.68 bits per heavy atom. The number of para-hydroxylation sites is 1. The van der Waals surface area contributed by atoms with Crippen molar-refractivity contribution in [3.8, 4) is 5.75 Å². The highest BCUT2D eigenvalue weighted by molar-refractivity contribution is 9.10. The van der Waals surface area contributed by atoms with Gasteiger partial charge < -0.3 is 10.4 Å². The molecule has 4 nitrogen and oxygen atoms in total. The van der Waals surface area contributed by atoms with Gasteiger partial charge in [0.1, 0.15) is 5.75 Å². The first kappa shape index (κ1) is 14.1. The summed E-state index contributed by atoms with van der Waals surface area (Å²) in [6.07, 6.45) is 0.911. The van der Waals surface area contributed by atoms with Gasteiger partial charge >= 0.3 is 0 Å². The minimum absolute atomic E-state index is 0.327. The van der Waals surface area contributed by atoms with Crippen LogP contribution in [-0.2, 0) is 26.6 Å². The number of aryl methyl sites for hydroxylation is 2. The molecule has 1 aromatic heterocycles. The molecule has 0 bridgehead atoms. The summed E-state index contributed by atoms with van der Waals surface area (Å²) in [6.45, 7) is 3.43. The van der Waals surface area contributed by atoms with Crippen LogP contribution in [0.2, 0.25) is 0 Å². The van der Waals surface area contributed by atoms with Gasteiger partial charge in [-0.15, -0.1) is 0 Å². The molecule has 0 atom stereocenters. The van der Waals surface area contributed by atoms with Crippen molar-refractivity contribution in [3.63, 3.8) is 0 Å². The van der Waals surface area contributed by atoms with Gasteiger partial charge in [-0.1, -0.05) is 25.1 Å². The van der Waals surface area contributed by atoms with E-state index in [-0.39, 0.29) is 0 Å². The van der Waals surface area contributed by atoms with Gasteiger partial charge in [0.2, 0.25) is 0 Å². The average molecular weight is 324 g/mol. The summed E-state index contributed by atoms with van der Waals surface area (Å²) in [5, 5.41) is 17.5. The molecule has 19 heavy (non-hydrogen) atoms. The Morgan fingerprint density at radius 1 is 1.32 bits per heavy atom. The van der Waals surface area contributed by atoms with E-state index >= 15 is 0 Å². The quantitative estimate of drug-likeness (QED) is 0.889. The van der Waals surface area contributed by atoms with E-state index in [1.54, 1.807) is 6.07 Å². The van der Waals surface area contributed by atoms with Crippen LogP contribution in [0.1, 0.15) is 23.9 Å². The van der Waals surface area contributed by atoms with Crippen molar-refractivity contribution < 1.29 is 5.11 Å². The Kier molecular flexibility index (Phi) is 4.61. The lowest BCUT2D eigenvalue weighted by Crippen LogP contribution is -2.15. The molecule has 0 unspecified atom stereocenters. The normalized spacial score (nSPS) is 10.9. The van der Waals surface area contributed by atoms with E-state index in [2.05, 4.69) is 33.3 Å². The first-order chi connectivity index (χ1) is 9.13. The number of aromatic nitrogens is 2. The molecule has 0 saturated heterocycles. The second-order valence-electron chi connectivity index (χ2n) is 4.42. The first-order valence-corrected chi connectivity index (χ1v) is 7.10. The molecule has 0 amide bonds. The highest BCUT2D eigenvalue weighted by Gasteiger charge is 2.11. The van der Waals surface area contributed by atoms with Crippen molar-refractivity contribution in [2.75, 3.05) is 0 Å². The summed E-state index contributed by atoms with van der Waals surface area (Å²) >= 11 is 3.59. The summed E-state index contributed by atoms with van der Waals surface area (Å²) in [5.74, 6) is 0.327. The summed E-state index contributed by atoms with van der Waals surface area (Å²) < 4.78 is 2.96. The van der Waals surface area contributed by atoms with Crippen LogP contribution in [0.5, 0.6) is 5.75 Å². The zero-order valence-corrected chi connectivity index (χ0v) is 12.7. The molecular weight excluding hydrogens is 306 g/mol. The predicted octanol–water partition coefficient (Wildman–Crippen LogP) is 2.74. The number of hydrogen-bond donors (Lipinski definition) is 2. The van der Waals surface area contributed by atoms with Gasteiger partial charge in [-0.25, -0.2) is 0 Å². The predicted molar refractivity (Wildman–Crippen MR) is 78.9 cm³/mol.